The van der Waals surface area contributed by atoms with Crippen LogP contribution in [0.4, 0.5) is 4.39 Å². The Hall–Kier alpha value is -1.42. The molecule has 2 atom stereocenters. The van der Waals surface area contributed by atoms with Crippen LogP contribution in [-0.2, 0) is 4.79 Å². The van der Waals surface area contributed by atoms with Gasteiger partial charge in [-0.15, -0.1) is 0 Å². The highest BCUT2D eigenvalue weighted by Gasteiger charge is 2.20. The molecule has 3 nitrogen and oxygen atoms in total. The van der Waals surface area contributed by atoms with Gasteiger partial charge >= 0.3 is 0 Å². The molecule has 1 rings (SSSR count). The zero-order chi connectivity index (χ0) is 14.6. The van der Waals surface area contributed by atoms with Crippen LogP contribution in [0.5, 0.6) is 0 Å². The van der Waals surface area contributed by atoms with Crippen LogP contribution in [0.1, 0.15) is 46.2 Å². The third-order valence-electron chi connectivity index (χ3n) is 2.76. The van der Waals surface area contributed by atoms with Gasteiger partial charge in [0.2, 0.25) is 5.91 Å². The first kappa shape index (κ1) is 15.6. The van der Waals surface area contributed by atoms with Gasteiger partial charge in [0.1, 0.15) is 5.82 Å². The molecule has 1 unspecified atom stereocenters. The van der Waals surface area contributed by atoms with Gasteiger partial charge in [0.25, 0.3) is 0 Å². The zero-order valence-electron chi connectivity index (χ0n) is 12.3. The Balaban J connectivity index is 2.59. The van der Waals surface area contributed by atoms with Gasteiger partial charge < -0.3 is 5.32 Å². The molecule has 0 bridgehead atoms. The molecule has 0 radical (unpaired) electrons. The summed E-state index contributed by atoms with van der Waals surface area (Å²) in [5, 5.41) is 6.13. The second-order valence-corrected chi connectivity index (χ2v) is 5.90. The summed E-state index contributed by atoms with van der Waals surface area (Å²) in [5.74, 6) is -0.295. The molecule has 1 aromatic rings. The lowest BCUT2D eigenvalue weighted by atomic mass is 10.1. The number of rotatable bonds is 4. The van der Waals surface area contributed by atoms with Crippen molar-refractivity contribution in [2.24, 2.45) is 0 Å². The second kappa shape index (κ2) is 6.15. The van der Waals surface area contributed by atoms with Crippen LogP contribution in [0.15, 0.2) is 24.3 Å². The van der Waals surface area contributed by atoms with E-state index in [1.807, 2.05) is 34.6 Å². The van der Waals surface area contributed by atoms with E-state index in [0.29, 0.717) is 0 Å². The summed E-state index contributed by atoms with van der Waals surface area (Å²) in [5.41, 5.74) is 0.711. The summed E-state index contributed by atoms with van der Waals surface area (Å²) in [6.45, 7) is 9.61. The average molecular weight is 266 g/mol. The summed E-state index contributed by atoms with van der Waals surface area (Å²) in [6, 6.07) is 5.98. The predicted octanol–water partition coefficient (Wildman–Crippen LogP) is 2.78. The molecule has 19 heavy (non-hydrogen) atoms. The summed E-state index contributed by atoms with van der Waals surface area (Å²) < 4.78 is 12.8. The summed E-state index contributed by atoms with van der Waals surface area (Å²) in [4.78, 5) is 11.9. The lowest BCUT2D eigenvalue weighted by Crippen LogP contribution is -2.49. The highest BCUT2D eigenvalue weighted by Crippen LogP contribution is 2.13. The summed E-state index contributed by atoms with van der Waals surface area (Å²) in [7, 11) is 0. The first-order chi connectivity index (χ1) is 8.69. The van der Waals surface area contributed by atoms with Crippen LogP contribution in [0.2, 0.25) is 0 Å². The van der Waals surface area contributed by atoms with E-state index >= 15 is 0 Å². The van der Waals surface area contributed by atoms with Crippen molar-refractivity contribution in [2.75, 3.05) is 0 Å². The smallest absolute Gasteiger partial charge is 0.237 e. The van der Waals surface area contributed by atoms with E-state index in [1.165, 1.54) is 12.1 Å². The SMILES string of the molecule is CC(N[C@H](C)c1ccc(F)cc1)C(=O)NC(C)(C)C. The van der Waals surface area contributed by atoms with Crippen molar-refractivity contribution in [3.63, 3.8) is 0 Å². The Morgan fingerprint density at radius 1 is 1.16 bits per heavy atom. The maximum absolute atomic E-state index is 12.8. The van der Waals surface area contributed by atoms with Crippen molar-refractivity contribution in [3.8, 4) is 0 Å². The molecule has 0 saturated carbocycles. The minimum Gasteiger partial charge on any atom is -0.350 e. The molecule has 2 N–H and O–H groups in total. The van der Waals surface area contributed by atoms with Gasteiger partial charge in [-0.1, -0.05) is 12.1 Å². The van der Waals surface area contributed by atoms with Gasteiger partial charge in [0.15, 0.2) is 0 Å². The maximum atomic E-state index is 12.8. The standard InChI is InChI=1S/C15H23FN2O/c1-10(12-6-8-13(16)9-7-12)17-11(2)14(19)18-15(3,4)5/h6-11,17H,1-5H3,(H,18,19)/t10-,11?/m1/s1. The molecule has 0 spiro atoms. The van der Waals surface area contributed by atoms with E-state index in [1.54, 1.807) is 12.1 Å². The number of hydrogen-bond acceptors (Lipinski definition) is 2. The van der Waals surface area contributed by atoms with Crippen molar-refractivity contribution in [1.82, 2.24) is 10.6 Å². The largest absolute Gasteiger partial charge is 0.350 e. The van der Waals surface area contributed by atoms with E-state index in [9.17, 15) is 9.18 Å². The third-order valence-corrected chi connectivity index (χ3v) is 2.76. The van der Waals surface area contributed by atoms with Crippen LogP contribution in [0.3, 0.4) is 0 Å². The quantitative estimate of drug-likeness (QED) is 0.880. The van der Waals surface area contributed by atoms with E-state index in [2.05, 4.69) is 10.6 Å². The fraction of sp³-hybridized carbons (Fsp3) is 0.533. The van der Waals surface area contributed by atoms with Gasteiger partial charge in [-0.25, -0.2) is 4.39 Å². The van der Waals surface area contributed by atoms with Crippen LogP contribution in [-0.4, -0.2) is 17.5 Å². The zero-order valence-corrected chi connectivity index (χ0v) is 12.3. The Kier molecular flexibility index (Phi) is 5.06. The normalized spacial score (nSPS) is 14.8. The summed E-state index contributed by atoms with van der Waals surface area (Å²) >= 11 is 0. The van der Waals surface area contributed by atoms with Crippen LogP contribution < -0.4 is 10.6 Å². The van der Waals surface area contributed by atoms with Crippen molar-refractivity contribution in [1.29, 1.82) is 0 Å². The first-order valence-corrected chi connectivity index (χ1v) is 6.52. The highest BCUT2D eigenvalue weighted by atomic mass is 19.1. The Bertz CT molecular complexity index is 423. The van der Waals surface area contributed by atoms with Crippen LogP contribution in [0, 0.1) is 5.82 Å². The molecule has 0 aliphatic heterocycles. The molecule has 0 heterocycles. The lowest BCUT2D eigenvalue weighted by Gasteiger charge is -2.25. The molecule has 0 aromatic heterocycles. The number of amides is 1. The van der Waals surface area contributed by atoms with Crippen molar-refractivity contribution >= 4 is 5.91 Å². The van der Waals surface area contributed by atoms with E-state index in [4.69, 9.17) is 0 Å². The van der Waals surface area contributed by atoms with Gasteiger partial charge in [-0.05, 0) is 52.3 Å². The molecule has 4 heteroatoms. The van der Waals surface area contributed by atoms with Crippen LogP contribution >= 0.6 is 0 Å². The van der Waals surface area contributed by atoms with Gasteiger partial charge in [0, 0.05) is 11.6 Å². The molecule has 0 aliphatic carbocycles. The Morgan fingerprint density at radius 2 is 1.68 bits per heavy atom. The molecule has 1 amide bonds. The van der Waals surface area contributed by atoms with Crippen LogP contribution in [0.25, 0.3) is 0 Å². The fourth-order valence-corrected chi connectivity index (χ4v) is 1.78. The highest BCUT2D eigenvalue weighted by molar-refractivity contribution is 5.81. The lowest BCUT2D eigenvalue weighted by molar-refractivity contribution is -0.124. The first-order valence-electron chi connectivity index (χ1n) is 6.52. The number of carbonyl (C=O) groups is 1. The van der Waals surface area contributed by atoms with E-state index < -0.39 is 0 Å². The van der Waals surface area contributed by atoms with Crippen molar-refractivity contribution < 1.29 is 9.18 Å². The Labute approximate surface area is 114 Å². The summed E-state index contributed by atoms with van der Waals surface area (Å²) in [6.07, 6.45) is 0. The van der Waals surface area contributed by atoms with E-state index in [0.717, 1.165) is 5.56 Å². The van der Waals surface area contributed by atoms with Gasteiger partial charge in [-0.3, -0.25) is 10.1 Å². The van der Waals surface area contributed by atoms with Gasteiger partial charge in [-0.2, -0.15) is 0 Å². The molecular formula is C15H23FN2O. The van der Waals surface area contributed by atoms with Crippen molar-refractivity contribution in [3.05, 3.63) is 35.6 Å². The van der Waals surface area contributed by atoms with Gasteiger partial charge in [0.05, 0.1) is 6.04 Å². The fourth-order valence-electron chi connectivity index (χ4n) is 1.78. The maximum Gasteiger partial charge on any atom is 0.237 e. The molecular weight excluding hydrogens is 243 g/mol. The number of nitrogens with one attached hydrogen (secondary N) is 2. The topological polar surface area (TPSA) is 41.1 Å². The number of hydrogen-bond donors (Lipinski definition) is 2. The number of carbonyl (C=O) groups excluding carboxylic acids is 1. The molecule has 0 aliphatic rings. The predicted molar refractivity (Wildman–Crippen MR) is 75.3 cm³/mol. The molecule has 106 valence electrons. The minimum absolute atomic E-state index is 0.0127. The monoisotopic (exact) mass is 266 g/mol. The van der Waals surface area contributed by atoms with E-state index in [-0.39, 0.29) is 29.3 Å². The number of halogens is 1. The molecule has 0 fully saturated rings. The van der Waals surface area contributed by atoms with Crippen molar-refractivity contribution in [2.45, 2.75) is 52.2 Å². The average Bonchev–Trinajstić information content (AvgIpc) is 2.27. The molecule has 0 saturated heterocycles. The third kappa shape index (κ3) is 5.39. The Morgan fingerprint density at radius 3 is 2.16 bits per heavy atom. The second-order valence-electron chi connectivity index (χ2n) is 5.90. The molecule has 1 aromatic carbocycles. The minimum atomic E-state index is -0.306. The number of benzene rings is 1.